The molecule has 2 aromatic carbocycles. The molecule has 1 amide bonds. The largest absolute Gasteiger partial charge is 0.483 e. The first-order valence-electron chi connectivity index (χ1n) is 9.26. The second kappa shape index (κ2) is 8.87. The Bertz CT molecular complexity index is 1010. The van der Waals surface area contributed by atoms with E-state index in [2.05, 4.69) is 5.32 Å². The van der Waals surface area contributed by atoms with E-state index in [4.69, 9.17) is 4.74 Å². The monoisotopic (exact) mass is 424 g/mol. The van der Waals surface area contributed by atoms with E-state index in [1.165, 1.54) is 28.6 Å². The number of aryl methyl sites for hydroxylation is 1. The maximum atomic E-state index is 13.2. The van der Waals surface area contributed by atoms with Crippen LogP contribution in [0.1, 0.15) is 24.8 Å². The second-order valence-corrected chi connectivity index (χ2v) is 8.80. The number of anilines is 1. The van der Waals surface area contributed by atoms with Crippen molar-refractivity contribution < 1.29 is 26.7 Å². The van der Waals surface area contributed by atoms with E-state index < -0.39 is 27.6 Å². The van der Waals surface area contributed by atoms with Crippen LogP contribution in [0.3, 0.4) is 0 Å². The summed E-state index contributed by atoms with van der Waals surface area (Å²) in [6.45, 7) is 2.36. The van der Waals surface area contributed by atoms with Gasteiger partial charge in [-0.1, -0.05) is 6.42 Å². The van der Waals surface area contributed by atoms with E-state index in [0.717, 1.165) is 31.4 Å². The lowest BCUT2D eigenvalue weighted by Gasteiger charge is -2.26. The molecule has 6 nitrogen and oxygen atoms in total. The van der Waals surface area contributed by atoms with Gasteiger partial charge in [0.1, 0.15) is 5.75 Å². The zero-order chi connectivity index (χ0) is 21.0. The molecule has 1 fully saturated rings. The molecule has 156 valence electrons. The Kier molecular flexibility index (Phi) is 6.49. The average molecular weight is 424 g/mol. The zero-order valence-electron chi connectivity index (χ0n) is 16.0. The summed E-state index contributed by atoms with van der Waals surface area (Å²) in [6.07, 6.45) is 2.74. The second-order valence-electron chi connectivity index (χ2n) is 6.86. The number of rotatable bonds is 6. The molecule has 0 radical (unpaired) electrons. The maximum absolute atomic E-state index is 13.2. The smallest absolute Gasteiger partial charge is 0.262 e. The van der Waals surface area contributed by atoms with E-state index in [1.807, 2.05) is 0 Å². The lowest BCUT2D eigenvalue weighted by atomic mass is 10.2. The highest BCUT2D eigenvalue weighted by atomic mass is 32.2. The van der Waals surface area contributed by atoms with Crippen molar-refractivity contribution >= 4 is 21.6 Å². The van der Waals surface area contributed by atoms with Gasteiger partial charge in [0, 0.05) is 24.8 Å². The number of halogens is 2. The highest BCUT2D eigenvalue weighted by Crippen LogP contribution is 2.26. The molecule has 1 heterocycles. The molecule has 3 rings (SSSR count). The number of sulfonamides is 1. The molecule has 29 heavy (non-hydrogen) atoms. The molecule has 0 aliphatic carbocycles. The van der Waals surface area contributed by atoms with Gasteiger partial charge in [-0.2, -0.15) is 4.31 Å². The third kappa shape index (κ3) is 5.10. The van der Waals surface area contributed by atoms with Crippen molar-refractivity contribution in [1.82, 2.24) is 4.31 Å². The molecule has 0 unspecified atom stereocenters. The van der Waals surface area contributed by atoms with Crippen LogP contribution in [0.25, 0.3) is 0 Å². The minimum Gasteiger partial charge on any atom is -0.483 e. The molecule has 1 saturated heterocycles. The summed E-state index contributed by atoms with van der Waals surface area (Å²) in [6, 6.07) is 7.51. The summed E-state index contributed by atoms with van der Waals surface area (Å²) >= 11 is 0. The predicted molar refractivity (Wildman–Crippen MR) is 104 cm³/mol. The Labute approximate surface area is 168 Å². The van der Waals surface area contributed by atoms with Crippen LogP contribution in [0.5, 0.6) is 5.75 Å². The number of benzene rings is 2. The first kappa shape index (κ1) is 21.2. The standard InChI is InChI=1S/C20H22F2N2O4S/c1-14-11-16(29(26,27)24-9-3-2-4-10-24)6-8-19(14)28-13-20(25)23-15-5-7-17(21)18(22)12-15/h5-8,11-12H,2-4,9-10,13H2,1H3,(H,23,25). The molecule has 0 aromatic heterocycles. The van der Waals surface area contributed by atoms with E-state index in [-0.39, 0.29) is 17.2 Å². The van der Waals surface area contributed by atoms with Crippen molar-refractivity contribution in [3.8, 4) is 5.75 Å². The molecule has 0 spiro atoms. The van der Waals surface area contributed by atoms with Gasteiger partial charge < -0.3 is 10.1 Å². The van der Waals surface area contributed by atoms with Gasteiger partial charge in [-0.05, 0) is 55.7 Å². The van der Waals surface area contributed by atoms with Crippen molar-refractivity contribution in [2.75, 3.05) is 25.0 Å². The van der Waals surface area contributed by atoms with Crippen molar-refractivity contribution in [2.24, 2.45) is 0 Å². The number of ether oxygens (including phenoxy) is 1. The van der Waals surface area contributed by atoms with Gasteiger partial charge in [0.25, 0.3) is 5.91 Å². The molecule has 2 aromatic rings. The number of hydrogen-bond donors (Lipinski definition) is 1. The van der Waals surface area contributed by atoms with Crippen molar-refractivity contribution in [2.45, 2.75) is 31.1 Å². The number of nitrogens with zero attached hydrogens (tertiary/aromatic N) is 1. The zero-order valence-corrected chi connectivity index (χ0v) is 16.8. The van der Waals surface area contributed by atoms with E-state index in [9.17, 15) is 22.0 Å². The van der Waals surface area contributed by atoms with E-state index in [1.54, 1.807) is 6.92 Å². The Morgan fingerprint density at radius 3 is 2.45 bits per heavy atom. The number of amides is 1. The third-order valence-electron chi connectivity index (χ3n) is 4.66. The van der Waals surface area contributed by atoms with Crippen LogP contribution in [0.2, 0.25) is 0 Å². The van der Waals surface area contributed by atoms with Crippen LogP contribution in [-0.4, -0.2) is 38.3 Å². The Balaban J connectivity index is 1.63. The molecule has 0 atom stereocenters. The van der Waals surface area contributed by atoms with Gasteiger partial charge in [0.2, 0.25) is 10.0 Å². The summed E-state index contributed by atoms with van der Waals surface area (Å²) in [4.78, 5) is 12.2. The number of piperidine rings is 1. The van der Waals surface area contributed by atoms with Gasteiger partial charge >= 0.3 is 0 Å². The summed E-state index contributed by atoms with van der Waals surface area (Å²) in [5.41, 5.74) is 0.681. The van der Waals surface area contributed by atoms with E-state index in [0.29, 0.717) is 24.4 Å². The van der Waals surface area contributed by atoms with Crippen LogP contribution in [-0.2, 0) is 14.8 Å². The molecule has 1 aliphatic heterocycles. The summed E-state index contributed by atoms with van der Waals surface area (Å²) in [5, 5.41) is 2.41. The van der Waals surface area contributed by atoms with Gasteiger partial charge in [-0.15, -0.1) is 0 Å². The Morgan fingerprint density at radius 2 is 1.79 bits per heavy atom. The lowest BCUT2D eigenvalue weighted by molar-refractivity contribution is -0.118. The Hall–Kier alpha value is -2.52. The number of nitrogens with one attached hydrogen (secondary N) is 1. The summed E-state index contributed by atoms with van der Waals surface area (Å²) in [5.74, 6) is -2.26. The fourth-order valence-electron chi connectivity index (χ4n) is 3.11. The molecule has 0 saturated carbocycles. The topological polar surface area (TPSA) is 75.7 Å². The molecular formula is C20H22F2N2O4S. The van der Waals surface area contributed by atoms with Crippen LogP contribution in [0.4, 0.5) is 14.5 Å². The highest BCUT2D eigenvalue weighted by molar-refractivity contribution is 7.89. The molecule has 9 heteroatoms. The SMILES string of the molecule is Cc1cc(S(=O)(=O)N2CCCCC2)ccc1OCC(=O)Nc1ccc(F)c(F)c1. The number of hydrogen-bond acceptors (Lipinski definition) is 4. The highest BCUT2D eigenvalue weighted by Gasteiger charge is 2.26. The normalized spacial score (nSPS) is 15.1. The predicted octanol–water partition coefficient (Wildman–Crippen LogP) is 3.47. The summed E-state index contributed by atoms with van der Waals surface area (Å²) in [7, 11) is -3.55. The van der Waals surface area contributed by atoms with Crippen LogP contribution < -0.4 is 10.1 Å². The fourth-order valence-corrected chi connectivity index (χ4v) is 4.72. The molecule has 1 N–H and O–H groups in total. The van der Waals surface area contributed by atoms with Gasteiger partial charge in [-0.3, -0.25) is 4.79 Å². The third-order valence-corrected chi connectivity index (χ3v) is 6.56. The lowest BCUT2D eigenvalue weighted by Crippen LogP contribution is -2.35. The Morgan fingerprint density at radius 1 is 1.07 bits per heavy atom. The summed E-state index contributed by atoms with van der Waals surface area (Å²) < 4.78 is 58.5. The molecule has 1 aliphatic rings. The number of carbonyl (C=O) groups is 1. The van der Waals surface area contributed by atoms with Gasteiger partial charge in [0.05, 0.1) is 4.90 Å². The van der Waals surface area contributed by atoms with Crippen LogP contribution in [0, 0.1) is 18.6 Å². The maximum Gasteiger partial charge on any atom is 0.262 e. The molecule has 0 bridgehead atoms. The first-order chi connectivity index (χ1) is 13.8. The van der Waals surface area contributed by atoms with Crippen LogP contribution >= 0.6 is 0 Å². The fraction of sp³-hybridized carbons (Fsp3) is 0.350. The minimum absolute atomic E-state index is 0.109. The van der Waals surface area contributed by atoms with Gasteiger partial charge in [-0.25, -0.2) is 17.2 Å². The van der Waals surface area contributed by atoms with Crippen molar-refractivity contribution in [3.63, 3.8) is 0 Å². The molecular weight excluding hydrogens is 402 g/mol. The van der Waals surface area contributed by atoms with Gasteiger partial charge in [0.15, 0.2) is 18.2 Å². The van der Waals surface area contributed by atoms with Crippen molar-refractivity contribution in [3.05, 3.63) is 53.6 Å². The number of carbonyl (C=O) groups excluding carboxylic acids is 1. The van der Waals surface area contributed by atoms with Crippen molar-refractivity contribution in [1.29, 1.82) is 0 Å². The average Bonchev–Trinajstić information content (AvgIpc) is 2.70. The van der Waals surface area contributed by atoms with Crippen LogP contribution in [0.15, 0.2) is 41.3 Å². The van der Waals surface area contributed by atoms with E-state index >= 15 is 0 Å². The quantitative estimate of drug-likeness (QED) is 0.771. The first-order valence-corrected chi connectivity index (χ1v) is 10.7. The minimum atomic E-state index is -3.55.